The predicted octanol–water partition coefficient (Wildman–Crippen LogP) is -0.309. The summed E-state index contributed by atoms with van der Waals surface area (Å²) >= 11 is 0. The molecule has 0 aromatic heterocycles. The van der Waals surface area contributed by atoms with Crippen LogP contribution in [0.2, 0.25) is 0 Å². The molecule has 0 bridgehead atoms. The van der Waals surface area contributed by atoms with Crippen LogP contribution in [-0.4, -0.2) is 61.6 Å². The maximum Gasteiger partial charge on any atom is 0.320 e. The van der Waals surface area contributed by atoms with Crippen LogP contribution in [0.5, 0.6) is 0 Å². The van der Waals surface area contributed by atoms with Crippen molar-refractivity contribution in [1.82, 2.24) is 9.80 Å². The van der Waals surface area contributed by atoms with Gasteiger partial charge in [-0.05, 0) is 6.92 Å². The van der Waals surface area contributed by atoms with Crippen LogP contribution in [0.1, 0.15) is 6.92 Å². The average molecular weight is 211 g/mol. The van der Waals surface area contributed by atoms with Crippen molar-refractivity contribution in [3.8, 4) is 6.07 Å². The molecule has 1 rings (SSSR count). The molecule has 1 heterocycles. The van der Waals surface area contributed by atoms with E-state index in [1.54, 1.807) is 0 Å². The lowest BCUT2D eigenvalue weighted by Crippen LogP contribution is -2.48. The van der Waals surface area contributed by atoms with Crippen LogP contribution in [0.4, 0.5) is 0 Å². The summed E-state index contributed by atoms with van der Waals surface area (Å²) in [6.45, 7) is 6.47. The van der Waals surface area contributed by atoms with Crippen LogP contribution >= 0.6 is 0 Å². The summed E-state index contributed by atoms with van der Waals surface area (Å²) < 4.78 is 4.87. The number of hydrogen-bond donors (Lipinski definition) is 0. The monoisotopic (exact) mass is 211 g/mol. The first-order valence-corrected chi connectivity index (χ1v) is 5.23. The zero-order chi connectivity index (χ0) is 11.1. The van der Waals surface area contributed by atoms with E-state index in [2.05, 4.69) is 15.9 Å². The minimum Gasteiger partial charge on any atom is -0.465 e. The van der Waals surface area contributed by atoms with E-state index in [9.17, 15) is 4.79 Å². The van der Waals surface area contributed by atoms with Crippen LogP contribution in [0, 0.1) is 11.3 Å². The minimum atomic E-state index is -0.161. The zero-order valence-electron chi connectivity index (χ0n) is 9.11. The summed E-state index contributed by atoms with van der Waals surface area (Å²) in [4.78, 5) is 15.3. The molecule has 15 heavy (non-hydrogen) atoms. The molecule has 0 aromatic carbocycles. The Morgan fingerprint density at radius 3 is 2.47 bits per heavy atom. The fourth-order valence-electron chi connectivity index (χ4n) is 1.59. The van der Waals surface area contributed by atoms with E-state index < -0.39 is 0 Å². The van der Waals surface area contributed by atoms with E-state index >= 15 is 0 Å². The van der Waals surface area contributed by atoms with Crippen molar-refractivity contribution in [2.24, 2.45) is 0 Å². The Labute approximate surface area is 90.2 Å². The molecule has 0 aliphatic carbocycles. The van der Waals surface area contributed by atoms with Crippen molar-refractivity contribution in [3.63, 3.8) is 0 Å². The number of rotatable bonds is 4. The number of carbonyl (C=O) groups excluding carboxylic acids is 1. The molecular weight excluding hydrogens is 194 g/mol. The lowest BCUT2D eigenvalue weighted by molar-refractivity contribution is -0.144. The fourth-order valence-corrected chi connectivity index (χ4v) is 1.59. The summed E-state index contributed by atoms with van der Waals surface area (Å²) in [5, 5.41) is 8.52. The molecule has 1 aliphatic heterocycles. The lowest BCUT2D eigenvalue weighted by Gasteiger charge is -2.32. The van der Waals surface area contributed by atoms with Gasteiger partial charge in [-0.25, -0.2) is 0 Å². The Morgan fingerprint density at radius 1 is 1.33 bits per heavy atom. The van der Waals surface area contributed by atoms with Gasteiger partial charge in [0.25, 0.3) is 0 Å². The van der Waals surface area contributed by atoms with Crippen molar-refractivity contribution in [1.29, 1.82) is 5.26 Å². The van der Waals surface area contributed by atoms with E-state index in [0.717, 1.165) is 26.2 Å². The molecule has 0 saturated carbocycles. The van der Waals surface area contributed by atoms with E-state index in [4.69, 9.17) is 10.00 Å². The summed E-state index contributed by atoms with van der Waals surface area (Å²) in [6, 6.07) is 2.13. The molecule has 0 atom stereocenters. The highest BCUT2D eigenvalue weighted by atomic mass is 16.5. The number of esters is 1. The number of ether oxygens (including phenoxy) is 1. The Bertz CT molecular complexity index is 242. The van der Waals surface area contributed by atoms with Crippen molar-refractivity contribution in [2.75, 3.05) is 45.9 Å². The third-order valence-corrected chi connectivity index (χ3v) is 2.42. The Balaban J connectivity index is 2.20. The molecule has 1 saturated heterocycles. The normalized spacial score (nSPS) is 18.4. The molecule has 1 aliphatic rings. The molecule has 0 aromatic rings. The molecule has 0 unspecified atom stereocenters. The predicted molar refractivity (Wildman–Crippen MR) is 55.1 cm³/mol. The highest BCUT2D eigenvalue weighted by Gasteiger charge is 2.18. The lowest BCUT2D eigenvalue weighted by atomic mass is 10.3. The second-order valence-electron chi connectivity index (χ2n) is 3.52. The standard InChI is InChI=1S/C10H17N3O2/c1-2-15-10(14)9-13-7-5-12(4-3-11)6-8-13/h2,4-9H2,1H3. The van der Waals surface area contributed by atoms with Gasteiger partial charge in [0.15, 0.2) is 0 Å². The Morgan fingerprint density at radius 2 is 1.93 bits per heavy atom. The summed E-state index contributed by atoms with van der Waals surface area (Å²) in [6.07, 6.45) is 0. The SMILES string of the molecule is CCOC(=O)CN1CCN(CC#N)CC1. The molecule has 84 valence electrons. The number of nitrogens with zero attached hydrogens (tertiary/aromatic N) is 3. The van der Waals surface area contributed by atoms with E-state index in [1.807, 2.05) is 6.92 Å². The summed E-state index contributed by atoms with van der Waals surface area (Å²) in [5.74, 6) is -0.161. The zero-order valence-corrected chi connectivity index (χ0v) is 9.11. The number of carbonyl (C=O) groups is 1. The first-order chi connectivity index (χ1) is 7.26. The molecule has 0 radical (unpaired) electrons. The molecule has 5 nitrogen and oxygen atoms in total. The number of nitriles is 1. The number of piperazine rings is 1. The Hall–Kier alpha value is -1.12. The van der Waals surface area contributed by atoms with Crippen LogP contribution < -0.4 is 0 Å². The van der Waals surface area contributed by atoms with E-state index in [0.29, 0.717) is 19.7 Å². The van der Waals surface area contributed by atoms with Crippen LogP contribution in [0.25, 0.3) is 0 Å². The topological polar surface area (TPSA) is 56.6 Å². The molecule has 0 N–H and O–H groups in total. The summed E-state index contributed by atoms with van der Waals surface area (Å²) in [7, 11) is 0. The van der Waals surface area contributed by atoms with Gasteiger partial charge in [-0.3, -0.25) is 14.6 Å². The molecule has 0 amide bonds. The highest BCUT2D eigenvalue weighted by molar-refractivity contribution is 5.71. The van der Waals surface area contributed by atoms with Gasteiger partial charge in [-0.15, -0.1) is 0 Å². The number of hydrogen-bond acceptors (Lipinski definition) is 5. The molecule has 1 fully saturated rings. The first-order valence-electron chi connectivity index (χ1n) is 5.23. The largest absolute Gasteiger partial charge is 0.465 e. The van der Waals surface area contributed by atoms with Crippen molar-refractivity contribution in [3.05, 3.63) is 0 Å². The highest BCUT2D eigenvalue weighted by Crippen LogP contribution is 2.00. The average Bonchev–Trinajstić information content (AvgIpc) is 2.22. The molecule has 5 heteroatoms. The van der Waals surface area contributed by atoms with Gasteiger partial charge in [0.1, 0.15) is 0 Å². The van der Waals surface area contributed by atoms with Crippen molar-refractivity contribution < 1.29 is 9.53 Å². The van der Waals surface area contributed by atoms with Gasteiger partial charge in [-0.2, -0.15) is 5.26 Å². The van der Waals surface area contributed by atoms with Gasteiger partial charge < -0.3 is 4.74 Å². The van der Waals surface area contributed by atoms with Gasteiger partial charge >= 0.3 is 5.97 Å². The Kier molecular flexibility index (Phi) is 5.08. The minimum absolute atomic E-state index is 0.161. The van der Waals surface area contributed by atoms with Gasteiger partial charge in [-0.1, -0.05) is 0 Å². The van der Waals surface area contributed by atoms with E-state index in [-0.39, 0.29) is 5.97 Å². The van der Waals surface area contributed by atoms with Gasteiger partial charge in [0.05, 0.1) is 25.8 Å². The van der Waals surface area contributed by atoms with Gasteiger partial charge in [0, 0.05) is 26.2 Å². The fraction of sp³-hybridized carbons (Fsp3) is 0.800. The smallest absolute Gasteiger partial charge is 0.320 e. The van der Waals surface area contributed by atoms with E-state index in [1.165, 1.54) is 0 Å². The maximum atomic E-state index is 11.2. The molecular formula is C10H17N3O2. The third kappa shape index (κ3) is 4.28. The maximum absolute atomic E-state index is 11.2. The van der Waals surface area contributed by atoms with Crippen LogP contribution in [-0.2, 0) is 9.53 Å². The molecule has 0 spiro atoms. The third-order valence-electron chi connectivity index (χ3n) is 2.42. The van der Waals surface area contributed by atoms with Gasteiger partial charge in [0.2, 0.25) is 0 Å². The van der Waals surface area contributed by atoms with Crippen LogP contribution in [0.3, 0.4) is 0 Å². The quantitative estimate of drug-likeness (QED) is 0.471. The first kappa shape index (κ1) is 12.0. The second kappa shape index (κ2) is 6.38. The van der Waals surface area contributed by atoms with Crippen molar-refractivity contribution >= 4 is 5.97 Å². The van der Waals surface area contributed by atoms with Crippen LogP contribution in [0.15, 0.2) is 0 Å². The summed E-state index contributed by atoms with van der Waals surface area (Å²) in [5.41, 5.74) is 0. The van der Waals surface area contributed by atoms with Crippen molar-refractivity contribution in [2.45, 2.75) is 6.92 Å². The second-order valence-corrected chi connectivity index (χ2v) is 3.52.